The first kappa shape index (κ1) is 23.0. The molecule has 3 rings (SSSR count). The second kappa shape index (κ2) is 12.9. The molecule has 0 saturated heterocycles. The van der Waals surface area contributed by atoms with Crippen LogP contribution in [0.4, 0.5) is 0 Å². The van der Waals surface area contributed by atoms with Gasteiger partial charge in [-0.3, -0.25) is 0 Å². The zero-order valence-corrected chi connectivity index (χ0v) is 19.4. The summed E-state index contributed by atoms with van der Waals surface area (Å²) in [5.74, 6) is 11.0. The molecule has 0 atom stereocenters. The van der Waals surface area contributed by atoms with Gasteiger partial charge in [0.05, 0.1) is 6.61 Å². The molecule has 2 aliphatic rings. The van der Waals surface area contributed by atoms with E-state index in [1.165, 1.54) is 82.6 Å². The predicted molar refractivity (Wildman–Crippen MR) is 129 cm³/mol. The van der Waals surface area contributed by atoms with Crippen LogP contribution < -0.4 is 4.74 Å². The lowest BCUT2D eigenvalue weighted by Crippen LogP contribution is -2.13. The zero-order chi connectivity index (χ0) is 21.0. The molecule has 0 unspecified atom stereocenters. The summed E-state index contributed by atoms with van der Waals surface area (Å²) >= 11 is 0. The fourth-order valence-electron chi connectivity index (χ4n) is 5.28. The fourth-order valence-corrected chi connectivity index (χ4v) is 5.28. The molecule has 0 spiro atoms. The van der Waals surface area contributed by atoms with E-state index in [1.54, 1.807) is 0 Å². The summed E-state index contributed by atoms with van der Waals surface area (Å²) in [5, 5.41) is 0. The van der Waals surface area contributed by atoms with Crippen molar-refractivity contribution < 1.29 is 4.74 Å². The first-order valence-corrected chi connectivity index (χ1v) is 12.7. The van der Waals surface area contributed by atoms with Gasteiger partial charge in [-0.2, -0.15) is 0 Å². The number of unbranched alkanes of at least 4 members (excludes halogenated alkanes) is 2. The van der Waals surface area contributed by atoms with E-state index in [0.29, 0.717) is 11.8 Å². The Balaban J connectivity index is 1.35. The van der Waals surface area contributed by atoms with Crippen LogP contribution in [-0.2, 0) is 0 Å². The summed E-state index contributed by atoms with van der Waals surface area (Å²) in [4.78, 5) is 0. The number of hydrogen-bond acceptors (Lipinski definition) is 1. The Kier molecular flexibility index (Phi) is 9.88. The van der Waals surface area contributed by atoms with Crippen LogP contribution in [0.25, 0.3) is 0 Å². The molecule has 1 heteroatoms. The number of hydrogen-bond donors (Lipinski definition) is 0. The molecule has 30 heavy (non-hydrogen) atoms. The standard InChI is InChI=1S/C29H42O/c1-3-5-6-9-24-12-14-25(15-13-24)10-7-8-11-26-16-18-27(19-17-26)28-20-22-29(23-21-28)30-4-2/h7,10,20-27H,3-6,9,12-19H2,1-2H3/b10-7+/t24-,25-,26-,27-. The van der Waals surface area contributed by atoms with Gasteiger partial charge in [-0.05, 0) is 99.8 Å². The van der Waals surface area contributed by atoms with E-state index in [0.717, 1.165) is 24.2 Å². The van der Waals surface area contributed by atoms with Gasteiger partial charge >= 0.3 is 0 Å². The molecule has 0 bridgehead atoms. The normalized spacial score (nSPS) is 26.9. The Labute approximate surface area is 185 Å². The number of rotatable bonds is 8. The molecular weight excluding hydrogens is 364 g/mol. The Morgan fingerprint density at radius 2 is 1.63 bits per heavy atom. The lowest BCUT2D eigenvalue weighted by molar-refractivity contribution is 0.289. The maximum Gasteiger partial charge on any atom is 0.119 e. The first-order chi connectivity index (χ1) is 14.8. The van der Waals surface area contributed by atoms with Crippen molar-refractivity contribution in [2.24, 2.45) is 17.8 Å². The summed E-state index contributed by atoms with van der Waals surface area (Å²) in [6.07, 6.45) is 20.9. The van der Waals surface area contributed by atoms with Crippen molar-refractivity contribution in [1.82, 2.24) is 0 Å². The van der Waals surface area contributed by atoms with Gasteiger partial charge in [0.25, 0.3) is 0 Å². The number of allylic oxidation sites excluding steroid dienone is 2. The fraction of sp³-hybridized carbons (Fsp3) is 0.655. The quantitative estimate of drug-likeness (QED) is 0.311. The lowest BCUT2D eigenvalue weighted by Gasteiger charge is -2.26. The molecule has 0 amide bonds. The van der Waals surface area contributed by atoms with E-state index >= 15 is 0 Å². The summed E-state index contributed by atoms with van der Waals surface area (Å²) in [6.45, 7) is 5.07. The van der Waals surface area contributed by atoms with Gasteiger partial charge in [0.2, 0.25) is 0 Å². The van der Waals surface area contributed by atoms with E-state index < -0.39 is 0 Å². The van der Waals surface area contributed by atoms with Gasteiger partial charge in [-0.25, -0.2) is 0 Å². The van der Waals surface area contributed by atoms with Crippen molar-refractivity contribution in [3.05, 3.63) is 42.0 Å². The highest BCUT2D eigenvalue weighted by atomic mass is 16.5. The molecule has 164 valence electrons. The van der Waals surface area contributed by atoms with Crippen molar-refractivity contribution in [2.45, 2.75) is 96.8 Å². The largest absolute Gasteiger partial charge is 0.494 e. The molecule has 2 fully saturated rings. The van der Waals surface area contributed by atoms with Gasteiger partial charge < -0.3 is 4.74 Å². The summed E-state index contributed by atoms with van der Waals surface area (Å²) in [5.41, 5.74) is 1.47. The highest BCUT2D eigenvalue weighted by Gasteiger charge is 2.21. The summed E-state index contributed by atoms with van der Waals surface area (Å²) in [6, 6.07) is 8.74. The van der Waals surface area contributed by atoms with E-state index in [1.807, 2.05) is 6.92 Å². The van der Waals surface area contributed by atoms with Crippen LogP contribution in [0.3, 0.4) is 0 Å². The maximum atomic E-state index is 5.56. The third kappa shape index (κ3) is 7.54. The lowest BCUT2D eigenvalue weighted by atomic mass is 9.79. The third-order valence-corrected chi connectivity index (χ3v) is 7.24. The Hall–Kier alpha value is -1.68. The number of benzene rings is 1. The second-order valence-corrected chi connectivity index (χ2v) is 9.47. The molecule has 1 aromatic carbocycles. The third-order valence-electron chi connectivity index (χ3n) is 7.24. The molecule has 2 saturated carbocycles. The van der Waals surface area contributed by atoms with Crippen LogP contribution in [0.1, 0.15) is 102 Å². The molecule has 0 aliphatic heterocycles. The molecule has 2 aliphatic carbocycles. The van der Waals surface area contributed by atoms with E-state index in [4.69, 9.17) is 4.74 Å². The topological polar surface area (TPSA) is 9.23 Å². The van der Waals surface area contributed by atoms with Gasteiger partial charge in [0.1, 0.15) is 5.75 Å². The van der Waals surface area contributed by atoms with Gasteiger partial charge in [-0.15, -0.1) is 0 Å². The first-order valence-electron chi connectivity index (χ1n) is 12.7. The monoisotopic (exact) mass is 406 g/mol. The van der Waals surface area contributed by atoms with E-state index in [9.17, 15) is 0 Å². The average Bonchev–Trinajstić information content (AvgIpc) is 2.79. The van der Waals surface area contributed by atoms with Gasteiger partial charge in [-0.1, -0.05) is 62.7 Å². The smallest absolute Gasteiger partial charge is 0.119 e. The Bertz CT molecular complexity index is 673. The highest BCUT2D eigenvalue weighted by Crippen LogP contribution is 2.36. The molecule has 0 N–H and O–H groups in total. The van der Waals surface area contributed by atoms with Crippen LogP contribution >= 0.6 is 0 Å². The minimum absolute atomic E-state index is 0.586. The molecule has 0 radical (unpaired) electrons. The van der Waals surface area contributed by atoms with Crippen LogP contribution in [0.2, 0.25) is 0 Å². The Morgan fingerprint density at radius 3 is 2.30 bits per heavy atom. The van der Waals surface area contributed by atoms with Gasteiger partial charge in [0.15, 0.2) is 0 Å². The van der Waals surface area contributed by atoms with Gasteiger partial charge in [0, 0.05) is 5.92 Å². The zero-order valence-electron chi connectivity index (χ0n) is 19.4. The minimum Gasteiger partial charge on any atom is -0.494 e. The van der Waals surface area contributed by atoms with Crippen molar-refractivity contribution >= 4 is 0 Å². The summed E-state index contributed by atoms with van der Waals surface area (Å²) < 4.78 is 5.56. The summed E-state index contributed by atoms with van der Waals surface area (Å²) in [7, 11) is 0. The van der Waals surface area contributed by atoms with Crippen molar-refractivity contribution in [2.75, 3.05) is 6.61 Å². The van der Waals surface area contributed by atoms with Crippen molar-refractivity contribution in [3.63, 3.8) is 0 Å². The van der Waals surface area contributed by atoms with Crippen LogP contribution in [0, 0.1) is 29.6 Å². The molecule has 0 heterocycles. The van der Waals surface area contributed by atoms with E-state index in [2.05, 4.69) is 55.2 Å². The molecule has 1 nitrogen and oxygen atoms in total. The maximum absolute atomic E-state index is 5.56. The molecule has 1 aromatic rings. The predicted octanol–water partition coefficient (Wildman–Crippen LogP) is 8.31. The van der Waals surface area contributed by atoms with Crippen molar-refractivity contribution in [1.29, 1.82) is 0 Å². The number of ether oxygens (including phenoxy) is 1. The van der Waals surface area contributed by atoms with Crippen LogP contribution in [0.15, 0.2) is 36.4 Å². The highest BCUT2D eigenvalue weighted by molar-refractivity contribution is 5.30. The second-order valence-electron chi connectivity index (χ2n) is 9.47. The molecule has 0 aromatic heterocycles. The molecular formula is C29H42O. The van der Waals surface area contributed by atoms with E-state index in [-0.39, 0.29) is 0 Å². The van der Waals surface area contributed by atoms with Crippen molar-refractivity contribution in [3.8, 4) is 17.6 Å². The average molecular weight is 407 g/mol. The Morgan fingerprint density at radius 1 is 0.900 bits per heavy atom. The minimum atomic E-state index is 0.586. The van der Waals surface area contributed by atoms with Crippen LogP contribution in [-0.4, -0.2) is 6.61 Å². The van der Waals surface area contributed by atoms with Crippen LogP contribution in [0.5, 0.6) is 5.75 Å². The SMILES string of the molecule is CCCCC[C@H]1CC[C@H](/C=C/C#C[C@H]2CC[C@H](c3ccc(OCC)cc3)CC2)CC1.